The van der Waals surface area contributed by atoms with E-state index in [-0.39, 0.29) is 24.2 Å². The first kappa shape index (κ1) is 22.2. The maximum atomic E-state index is 12.8. The molecule has 1 saturated heterocycles. The van der Waals surface area contributed by atoms with E-state index in [2.05, 4.69) is 29.0 Å². The molecule has 8 nitrogen and oxygen atoms in total. The van der Waals surface area contributed by atoms with E-state index in [0.717, 1.165) is 30.9 Å². The summed E-state index contributed by atoms with van der Waals surface area (Å²) in [6, 6.07) is 4.99. The standard InChI is InChI=1S/C21H28N4O4S2/c1-13-7-17-8-16(5-6-19(17)25(13)31(4,27)28)20(26)23-21-22-18(12-30-21)11-24-9-14(2)29-15(3)10-24/h5-6,8,12-15H,7,9-11H2,1-4H3,(H,22,23,26)/t13-,14-,15+/m1/s1. The van der Waals surface area contributed by atoms with E-state index >= 15 is 0 Å². The third kappa shape index (κ3) is 4.92. The topological polar surface area (TPSA) is 91.8 Å². The van der Waals surface area contributed by atoms with Gasteiger partial charge in [0.25, 0.3) is 5.91 Å². The molecule has 2 aliphatic rings. The van der Waals surface area contributed by atoms with Crippen molar-refractivity contribution in [2.24, 2.45) is 0 Å². The van der Waals surface area contributed by atoms with Crippen molar-refractivity contribution in [1.82, 2.24) is 9.88 Å². The van der Waals surface area contributed by atoms with Crippen LogP contribution < -0.4 is 9.62 Å². The summed E-state index contributed by atoms with van der Waals surface area (Å²) in [4.78, 5) is 19.6. The van der Waals surface area contributed by atoms with Crippen LogP contribution in [-0.4, -0.2) is 61.8 Å². The summed E-state index contributed by atoms with van der Waals surface area (Å²) in [6.45, 7) is 8.46. The molecule has 3 heterocycles. The van der Waals surface area contributed by atoms with Crippen LogP contribution in [0.4, 0.5) is 10.8 Å². The molecule has 2 aromatic rings. The van der Waals surface area contributed by atoms with Crippen LogP contribution in [0, 0.1) is 0 Å². The first-order chi connectivity index (χ1) is 14.6. The highest BCUT2D eigenvalue weighted by Gasteiger charge is 2.33. The number of amides is 1. The molecule has 0 unspecified atom stereocenters. The Labute approximate surface area is 187 Å². The molecule has 2 aliphatic heterocycles. The van der Waals surface area contributed by atoms with Crippen molar-refractivity contribution in [3.63, 3.8) is 0 Å². The second kappa shape index (κ2) is 8.50. The molecule has 0 bridgehead atoms. The van der Waals surface area contributed by atoms with Gasteiger partial charge < -0.3 is 4.74 Å². The quantitative estimate of drug-likeness (QED) is 0.732. The maximum Gasteiger partial charge on any atom is 0.257 e. The zero-order valence-corrected chi connectivity index (χ0v) is 19.8. The number of carbonyl (C=O) groups is 1. The number of carbonyl (C=O) groups excluding carboxylic acids is 1. The van der Waals surface area contributed by atoms with Crippen LogP contribution in [0.5, 0.6) is 0 Å². The number of morpholine rings is 1. The molecule has 1 amide bonds. The molecule has 0 saturated carbocycles. The van der Waals surface area contributed by atoms with Crippen LogP contribution in [0.2, 0.25) is 0 Å². The summed E-state index contributed by atoms with van der Waals surface area (Å²) in [6.07, 6.45) is 2.18. The average Bonchev–Trinajstić information content (AvgIpc) is 3.22. The molecule has 1 N–H and O–H groups in total. The van der Waals surface area contributed by atoms with E-state index in [9.17, 15) is 13.2 Å². The van der Waals surface area contributed by atoms with Crippen molar-refractivity contribution >= 4 is 38.1 Å². The lowest BCUT2D eigenvalue weighted by Crippen LogP contribution is -2.44. The molecule has 10 heteroatoms. The Hall–Kier alpha value is -2.01. The van der Waals surface area contributed by atoms with Gasteiger partial charge in [0, 0.05) is 36.6 Å². The number of fused-ring (bicyclic) bond motifs is 1. The van der Waals surface area contributed by atoms with Crippen LogP contribution in [0.1, 0.15) is 42.4 Å². The average molecular weight is 465 g/mol. The second-order valence-corrected chi connectivity index (χ2v) is 11.2. The molecule has 31 heavy (non-hydrogen) atoms. The Morgan fingerprint density at radius 3 is 2.65 bits per heavy atom. The van der Waals surface area contributed by atoms with E-state index in [0.29, 0.717) is 22.8 Å². The lowest BCUT2D eigenvalue weighted by Gasteiger charge is -2.34. The van der Waals surface area contributed by atoms with E-state index in [1.54, 1.807) is 18.2 Å². The largest absolute Gasteiger partial charge is 0.373 e. The number of anilines is 2. The van der Waals surface area contributed by atoms with Gasteiger partial charge in [0.1, 0.15) is 0 Å². The zero-order valence-electron chi connectivity index (χ0n) is 18.2. The van der Waals surface area contributed by atoms with E-state index in [4.69, 9.17) is 4.74 Å². The second-order valence-electron chi connectivity index (χ2n) is 8.50. The summed E-state index contributed by atoms with van der Waals surface area (Å²) in [5.74, 6) is -0.247. The SMILES string of the molecule is C[C@@H]1CN(Cc2csc(NC(=O)c3ccc4c(c3)C[C@@H](C)N4S(C)(=O)=O)n2)C[C@H](C)O1. The fourth-order valence-electron chi connectivity index (χ4n) is 4.50. The smallest absolute Gasteiger partial charge is 0.257 e. The number of rotatable bonds is 5. The molecule has 168 valence electrons. The van der Waals surface area contributed by atoms with Gasteiger partial charge in [-0.1, -0.05) is 0 Å². The van der Waals surface area contributed by atoms with Gasteiger partial charge in [-0.15, -0.1) is 11.3 Å². The zero-order chi connectivity index (χ0) is 22.3. The summed E-state index contributed by atoms with van der Waals surface area (Å²) >= 11 is 1.40. The number of ether oxygens (including phenoxy) is 1. The molecule has 1 aromatic heterocycles. The lowest BCUT2D eigenvalue weighted by molar-refractivity contribution is -0.0707. The number of nitrogens with zero attached hydrogens (tertiary/aromatic N) is 3. The Morgan fingerprint density at radius 1 is 1.26 bits per heavy atom. The van der Waals surface area contributed by atoms with Crippen LogP contribution in [0.3, 0.4) is 0 Å². The first-order valence-corrected chi connectivity index (χ1v) is 13.1. The molecule has 0 aliphatic carbocycles. The molecular formula is C21H28N4O4S2. The minimum absolute atomic E-state index is 0.157. The Bertz CT molecular complexity index is 1070. The van der Waals surface area contributed by atoms with Crippen molar-refractivity contribution in [1.29, 1.82) is 0 Å². The number of benzene rings is 1. The summed E-state index contributed by atoms with van der Waals surface area (Å²) in [5, 5.41) is 5.39. The highest BCUT2D eigenvalue weighted by Crippen LogP contribution is 2.35. The normalized spacial score (nSPS) is 24.3. The van der Waals surface area contributed by atoms with E-state index in [1.807, 2.05) is 12.3 Å². The monoisotopic (exact) mass is 464 g/mol. The third-order valence-corrected chi connectivity index (χ3v) is 7.58. The molecule has 0 spiro atoms. The first-order valence-electron chi connectivity index (χ1n) is 10.4. The number of sulfonamides is 1. The van der Waals surface area contributed by atoms with Crippen LogP contribution in [0.15, 0.2) is 23.6 Å². The van der Waals surface area contributed by atoms with Crippen molar-refractivity contribution in [3.8, 4) is 0 Å². The van der Waals surface area contributed by atoms with Crippen LogP contribution in [-0.2, 0) is 27.7 Å². The maximum absolute atomic E-state index is 12.8. The number of thiazole rings is 1. The van der Waals surface area contributed by atoms with Gasteiger partial charge in [-0.05, 0) is 51.0 Å². The highest BCUT2D eigenvalue weighted by molar-refractivity contribution is 7.92. The minimum Gasteiger partial charge on any atom is -0.373 e. The molecule has 1 fully saturated rings. The van der Waals surface area contributed by atoms with Crippen molar-refractivity contribution in [3.05, 3.63) is 40.4 Å². The van der Waals surface area contributed by atoms with Crippen LogP contribution in [0.25, 0.3) is 0 Å². The number of nitrogens with one attached hydrogen (secondary N) is 1. The predicted molar refractivity (Wildman–Crippen MR) is 122 cm³/mol. The molecule has 3 atom stereocenters. The van der Waals surface area contributed by atoms with E-state index in [1.165, 1.54) is 21.9 Å². The number of hydrogen-bond acceptors (Lipinski definition) is 7. The molecule has 1 aromatic carbocycles. The molecule has 4 rings (SSSR count). The van der Waals surface area contributed by atoms with Gasteiger partial charge in [-0.3, -0.25) is 19.3 Å². The van der Waals surface area contributed by atoms with Crippen molar-refractivity contribution in [2.45, 2.75) is 52.0 Å². The highest BCUT2D eigenvalue weighted by atomic mass is 32.2. The Morgan fingerprint density at radius 2 is 1.97 bits per heavy atom. The van der Waals surface area contributed by atoms with Gasteiger partial charge in [-0.2, -0.15) is 0 Å². The molecule has 0 radical (unpaired) electrons. The molecular weight excluding hydrogens is 436 g/mol. The van der Waals surface area contributed by atoms with Crippen molar-refractivity contribution < 1.29 is 17.9 Å². The minimum atomic E-state index is -3.35. The number of aromatic nitrogens is 1. The van der Waals surface area contributed by atoms with Gasteiger partial charge in [-0.25, -0.2) is 13.4 Å². The van der Waals surface area contributed by atoms with Gasteiger partial charge in [0.15, 0.2) is 5.13 Å². The van der Waals surface area contributed by atoms with Gasteiger partial charge in [0.05, 0.1) is 29.8 Å². The van der Waals surface area contributed by atoms with Crippen LogP contribution >= 0.6 is 11.3 Å². The Kier molecular flexibility index (Phi) is 6.08. The van der Waals surface area contributed by atoms with Crippen molar-refractivity contribution in [2.75, 3.05) is 29.0 Å². The lowest BCUT2D eigenvalue weighted by atomic mass is 10.1. The summed E-state index contributed by atoms with van der Waals surface area (Å²) < 4.78 is 31.3. The summed E-state index contributed by atoms with van der Waals surface area (Å²) in [7, 11) is -3.35. The summed E-state index contributed by atoms with van der Waals surface area (Å²) in [5.41, 5.74) is 2.93. The third-order valence-electron chi connectivity index (χ3n) is 5.51. The van der Waals surface area contributed by atoms with E-state index < -0.39 is 10.0 Å². The predicted octanol–water partition coefficient (Wildman–Crippen LogP) is 2.72. The number of hydrogen-bond donors (Lipinski definition) is 1. The van der Waals surface area contributed by atoms with Gasteiger partial charge >= 0.3 is 0 Å². The Balaban J connectivity index is 1.42. The fraction of sp³-hybridized carbons (Fsp3) is 0.524. The fourth-order valence-corrected chi connectivity index (χ4v) is 6.46. The van der Waals surface area contributed by atoms with Gasteiger partial charge in [0.2, 0.25) is 10.0 Å².